The van der Waals surface area contributed by atoms with Gasteiger partial charge in [-0.1, -0.05) is 18.2 Å². The summed E-state index contributed by atoms with van der Waals surface area (Å²) in [4.78, 5) is 37.3. The Morgan fingerprint density at radius 1 is 1.23 bits per heavy atom. The molecule has 170 valence electrons. The number of aliphatic hydroxyl groups is 1. The lowest BCUT2D eigenvalue weighted by atomic mass is 9.87. The average molecular weight is 434 g/mol. The molecule has 0 spiro atoms. The summed E-state index contributed by atoms with van der Waals surface area (Å²) in [6.45, 7) is 7.29. The normalized spacial score (nSPS) is 24.8. The number of ether oxygens (including phenoxy) is 3. The van der Waals surface area contributed by atoms with E-state index in [9.17, 15) is 19.5 Å². The Morgan fingerprint density at radius 2 is 1.87 bits per heavy atom. The first kappa shape index (κ1) is 24.6. The lowest BCUT2D eigenvalue weighted by Gasteiger charge is -2.30. The number of Topliss-reactive ketones (excluding diaryl/α,β-unsaturated/α-hetero) is 1. The molecular formula is C23H30O8. The van der Waals surface area contributed by atoms with Crippen LogP contribution in [-0.4, -0.2) is 49.8 Å². The van der Waals surface area contributed by atoms with Crippen LogP contribution in [0.2, 0.25) is 0 Å². The van der Waals surface area contributed by atoms with Crippen LogP contribution in [0.4, 0.5) is 0 Å². The van der Waals surface area contributed by atoms with Gasteiger partial charge in [0, 0.05) is 31.9 Å². The van der Waals surface area contributed by atoms with Crippen LogP contribution in [-0.2, 0) is 30.2 Å². The third-order valence-electron chi connectivity index (χ3n) is 5.46. The van der Waals surface area contributed by atoms with E-state index in [4.69, 9.17) is 18.6 Å². The molecule has 8 heteroatoms. The molecule has 1 N–H and O–H groups in total. The number of carbonyl (C=O) groups excluding carboxylic acids is 3. The molecule has 2 heterocycles. The van der Waals surface area contributed by atoms with Crippen LogP contribution < -0.4 is 0 Å². The number of hydrogen-bond donors (Lipinski definition) is 1. The van der Waals surface area contributed by atoms with E-state index < -0.39 is 23.6 Å². The number of hydrogen-bond acceptors (Lipinski definition) is 8. The fourth-order valence-electron chi connectivity index (χ4n) is 3.78. The van der Waals surface area contributed by atoms with Crippen LogP contribution in [0.15, 0.2) is 34.3 Å². The fraction of sp³-hybridized carbons (Fsp3) is 0.522. The highest BCUT2D eigenvalue weighted by molar-refractivity contribution is 5.96. The van der Waals surface area contributed by atoms with Crippen molar-refractivity contribution in [1.29, 1.82) is 0 Å². The lowest BCUT2D eigenvalue weighted by Crippen LogP contribution is -2.36. The van der Waals surface area contributed by atoms with Crippen molar-refractivity contribution in [3.05, 3.63) is 47.0 Å². The van der Waals surface area contributed by atoms with Crippen molar-refractivity contribution in [3.8, 4) is 0 Å². The van der Waals surface area contributed by atoms with Crippen molar-refractivity contribution in [2.75, 3.05) is 21.3 Å². The largest absolute Gasteiger partial charge is 0.466 e. The molecule has 0 saturated carbocycles. The van der Waals surface area contributed by atoms with Crippen LogP contribution in [0.5, 0.6) is 0 Å². The first-order chi connectivity index (χ1) is 14.5. The van der Waals surface area contributed by atoms with E-state index in [1.807, 2.05) is 6.92 Å². The van der Waals surface area contributed by atoms with Gasteiger partial charge in [-0.2, -0.15) is 0 Å². The molecule has 3 atom stereocenters. The zero-order valence-electron chi connectivity index (χ0n) is 18.6. The van der Waals surface area contributed by atoms with Crippen molar-refractivity contribution in [3.63, 3.8) is 0 Å². The molecule has 0 amide bonds. The Balaban J connectivity index is 2.64. The number of furan rings is 1. The number of ketones is 1. The monoisotopic (exact) mass is 434 g/mol. The molecule has 2 rings (SSSR count). The highest BCUT2D eigenvalue weighted by atomic mass is 16.5. The van der Waals surface area contributed by atoms with E-state index >= 15 is 0 Å². The van der Waals surface area contributed by atoms with E-state index in [2.05, 4.69) is 6.58 Å². The van der Waals surface area contributed by atoms with Gasteiger partial charge in [-0.05, 0) is 32.3 Å². The number of allylic oxidation sites excluding steroid dienone is 2. The molecular weight excluding hydrogens is 404 g/mol. The maximum Gasteiger partial charge on any atom is 0.341 e. The van der Waals surface area contributed by atoms with Crippen molar-refractivity contribution in [2.24, 2.45) is 5.92 Å². The first-order valence-corrected chi connectivity index (χ1v) is 9.94. The number of esters is 2. The topological polar surface area (TPSA) is 112 Å². The summed E-state index contributed by atoms with van der Waals surface area (Å²) < 4.78 is 21.1. The minimum atomic E-state index is -1.66. The quantitative estimate of drug-likeness (QED) is 0.568. The number of rotatable bonds is 4. The van der Waals surface area contributed by atoms with Crippen LogP contribution in [0.1, 0.15) is 61.1 Å². The summed E-state index contributed by atoms with van der Waals surface area (Å²) >= 11 is 0. The predicted octanol–water partition coefficient (Wildman–Crippen LogP) is 3.09. The summed E-state index contributed by atoms with van der Waals surface area (Å²) in [5.74, 6) is -1.19. The maximum absolute atomic E-state index is 12.7. The van der Waals surface area contributed by atoms with Crippen LogP contribution in [0.3, 0.4) is 0 Å². The Hall–Kier alpha value is -2.71. The molecule has 1 aromatic heterocycles. The van der Waals surface area contributed by atoms with Gasteiger partial charge in [0.1, 0.15) is 34.6 Å². The smallest absolute Gasteiger partial charge is 0.341 e. The van der Waals surface area contributed by atoms with Crippen LogP contribution in [0.25, 0.3) is 0 Å². The summed E-state index contributed by atoms with van der Waals surface area (Å²) in [5, 5.41) is 11.0. The Kier molecular flexibility index (Phi) is 7.97. The molecule has 1 aliphatic rings. The molecule has 2 bridgehead atoms. The molecule has 1 aromatic rings. The van der Waals surface area contributed by atoms with E-state index in [0.717, 1.165) is 5.57 Å². The molecule has 0 radical (unpaired) electrons. The molecule has 0 aliphatic carbocycles. The zero-order valence-corrected chi connectivity index (χ0v) is 18.6. The van der Waals surface area contributed by atoms with E-state index in [-0.39, 0.29) is 41.4 Å². The SMILES string of the molecule is C=C(C)C1CC=C(C(=O)OC)CC(=O)CC(C)(O)C(OC)c2cc(C(=O)OC)c(o2)C1. The van der Waals surface area contributed by atoms with Gasteiger partial charge in [-0.3, -0.25) is 4.79 Å². The second-order valence-corrected chi connectivity index (χ2v) is 8.05. The molecule has 3 unspecified atom stereocenters. The Bertz CT molecular complexity index is 889. The second-order valence-electron chi connectivity index (χ2n) is 8.05. The number of carbonyl (C=O) groups is 3. The molecule has 1 aliphatic heterocycles. The first-order valence-electron chi connectivity index (χ1n) is 9.94. The highest BCUT2D eigenvalue weighted by Crippen LogP contribution is 2.37. The van der Waals surface area contributed by atoms with Gasteiger partial charge >= 0.3 is 11.9 Å². The molecule has 0 aromatic carbocycles. The summed E-state index contributed by atoms with van der Waals surface area (Å²) in [5.41, 5.74) is -0.430. The van der Waals surface area contributed by atoms with Gasteiger partial charge in [0.15, 0.2) is 0 Å². The van der Waals surface area contributed by atoms with Gasteiger partial charge in [0.05, 0.1) is 14.2 Å². The van der Waals surface area contributed by atoms with E-state index in [0.29, 0.717) is 18.6 Å². The van der Waals surface area contributed by atoms with Crippen molar-refractivity contribution >= 4 is 17.7 Å². The summed E-state index contributed by atoms with van der Waals surface area (Å²) in [6.07, 6.45) is 0.824. The van der Waals surface area contributed by atoms with Gasteiger partial charge < -0.3 is 23.7 Å². The number of methoxy groups -OCH3 is 3. The lowest BCUT2D eigenvalue weighted by molar-refractivity contribution is -0.139. The standard InChI is InChI=1S/C23H30O8/c1-13(2)14-7-8-15(21(25)29-5)9-16(24)12-23(3,27)20(28-4)19-11-17(22(26)30-6)18(10-14)31-19/h8,11,14,20,27H,1,7,9-10,12H2,2-6H3. The molecule has 0 fully saturated rings. The van der Waals surface area contributed by atoms with Gasteiger partial charge in [-0.15, -0.1) is 0 Å². The van der Waals surface area contributed by atoms with Crippen molar-refractivity contribution in [1.82, 2.24) is 0 Å². The third kappa shape index (κ3) is 5.71. The average Bonchev–Trinajstić information content (AvgIpc) is 3.11. The fourth-order valence-corrected chi connectivity index (χ4v) is 3.78. The van der Waals surface area contributed by atoms with E-state index in [1.165, 1.54) is 34.3 Å². The van der Waals surface area contributed by atoms with Gasteiger partial charge in [0.2, 0.25) is 0 Å². The minimum Gasteiger partial charge on any atom is -0.466 e. The van der Waals surface area contributed by atoms with Crippen LogP contribution >= 0.6 is 0 Å². The number of fused-ring (bicyclic) bond motifs is 2. The van der Waals surface area contributed by atoms with Gasteiger partial charge in [-0.25, -0.2) is 9.59 Å². The second kappa shape index (κ2) is 10.1. The summed E-state index contributed by atoms with van der Waals surface area (Å²) in [6, 6.07) is 1.48. The van der Waals surface area contributed by atoms with Gasteiger partial charge in [0.25, 0.3) is 0 Å². The van der Waals surface area contributed by atoms with Crippen molar-refractivity contribution < 1.29 is 38.1 Å². The minimum absolute atomic E-state index is 0.181. The highest BCUT2D eigenvalue weighted by Gasteiger charge is 2.39. The Morgan fingerprint density at radius 3 is 2.42 bits per heavy atom. The molecule has 8 nitrogen and oxygen atoms in total. The predicted molar refractivity (Wildman–Crippen MR) is 111 cm³/mol. The summed E-state index contributed by atoms with van der Waals surface area (Å²) in [7, 11) is 3.88. The van der Waals surface area contributed by atoms with Crippen molar-refractivity contribution in [2.45, 2.75) is 51.2 Å². The Labute approximate surface area is 181 Å². The maximum atomic E-state index is 12.7. The molecule has 31 heavy (non-hydrogen) atoms. The molecule has 0 saturated heterocycles. The van der Waals surface area contributed by atoms with Crippen LogP contribution in [0, 0.1) is 5.92 Å². The third-order valence-corrected chi connectivity index (χ3v) is 5.46. The zero-order chi connectivity index (χ0) is 23.3. The van der Waals surface area contributed by atoms with E-state index in [1.54, 1.807) is 6.08 Å².